The minimum absolute atomic E-state index is 0.264. The molecule has 1 atom stereocenters. The van der Waals surface area contributed by atoms with Gasteiger partial charge in [-0.15, -0.1) is 0 Å². The summed E-state index contributed by atoms with van der Waals surface area (Å²) in [6.45, 7) is 2.06. The Hall–Kier alpha value is -1.97. The van der Waals surface area contributed by atoms with Gasteiger partial charge in [0, 0.05) is 24.8 Å². The van der Waals surface area contributed by atoms with Crippen molar-refractivity contribution in [1.29, 1.82) is 0 Å². The fourth-order valence-corrected chi connectivity index (χ4v) is 5.71. The number of likely N-dealkylation sites (tertiary alicyclic amines) is 1. The lowest BCUT2D eigenvalue weighted by Gasteiger charge is -2.37. The Morgan fingerprint density at radius 2 is 1.88 bits per heavy atom. The predicted octanol–water partition coefficient (Wildman–Crippen LogP) is 4.51. The minimum Gasteiger partial charge on any atom is -0.495 e. The quantitative estimate of drug-likeness (QED) is 0.581. The van der Waals surface area contributed by atoms with E-state index >= 15 is 0 Å². The molecule has 2 fully saturated rings. The normalized spacial score (nSPS) is 20.2. The van der Waals surface area contributed by atoms with Crippen LogP contribution in [0.1, 0.15) is 32.1 Å². The van der Waals surface area contributed by atoms with Crippen LogP contribution in [0.3, 0.4) is 0 Å². The maximum Gasteiger partial charge on any atom is 0.236 e. The number of hydrogen-bond acceptors (Lipinski definition) is 9. The van der Waals surface area contributed by atoms with E-state index in [4.69, 9.17) is 26.3 Å². The fraction of sp³-hybridized carbons (Fsp3) is 0.609. The molecule has 33 heavy (non-hydrogen) atoms. The first-order valence-electron chi connectivity index (χ1n) is 11.7. The van der Waals surface area contributed by atoms with E-state index in [0.29, 0.717) is 34.7 Å². The van der Waals surface area contributed by atoms with E-state index in [1.807, 2.05) is 37.0 Å². The SMILES string of the molecule is CNc1nc(NC2CCCSCC2)nc(N(c2ccc(OC)c(Cl)c2)C2CCN(C)CC2)n1. The van der Waals surface area contributed by atoms with Crippen molar-refractivity contribution in [3.8, 4) is 5.75 Å². The third-order valence-corrected chi connectivity index (χ3v) is 7.71. The van der Waals surface area contributed by atoms with Crippen molar-refractivity contribution in [2.75, 3.05) is 61.3 Å². The molecule has 0 amide bonds. The molecule has 10 heteroatoms. The highest BCUT2D eigenvalue weighted by Crippen LogP contribution is 2.35. The summed E-state index contributed by atoms with van der Waals surface area (Å²) in [6.07, 6.45) is 5.50. The topological polar surface area (TPSA) is 78.4 Å². The highest BCUT2D eigenvalue weighted by molar-refractivity contribution is 7.99. The van der Waals surface area contributed by atoms with Gasteiger partial charge >= 0.3 is 0 Å². The van der Waals surface area contributed by atoms with Crippen LogP contribution in [0.2, 0.25) is 5.02 Å². The van der Waals surface area contributed by atoms with Gasteiger partial charge in [0.1, 0.15) is 5.75 Å². The standard InChI is InChI=1S/C23H34ClN7OS/c1-25-21-27-22(26-16-5-4-13-33-14-10-16)29-23(28-21)31(17-8-11-30(2)12-9-17)18-6-7-20(32-3)19(24)15-18/h6-7,15-17H,4-5,8-14H2,1-3H3,(H2,25,26,27,28,29). The molecule has 2 aliphatic rings. The van der Waals surface area contributed by atoms with Gasteiger partial charge in [-0.25, -0.2) is 0 Å². The van der Waals surface area contributed by atoms with Gasteiger partial charge in [-0.3, -0.25) is 0 Å². The second-order valence-electron chi connectivity index (χ2n) is 8.64. The minimum atomic E-state index is 0.264. The van der Waals surface area contributed by atoms with Crippen LogP contribution in [0.15, 0.2) is 18.2 Å². The van der Waals surface area contributed by atoms with Crippen molar-refractivity contribution < 1.29 is 4.74 Å². The summed E-state index contributed by atoms with van der Waals surface area (Å²) in [6, 6.07) is 6.52. The second-order valence-corrected chi connectivity index (χ2v) is 10.3. The van der Waals surface area contributed by atoms with Crippen molar-refractivity contribution >= 4 is 46.9 Å². The summed E-state index contributed by atoms with van der Waals surface area (Å²) in [4.78, 5) is 18.9. The molecular formula is C23H34ClN7OS. The molecule has 2 aromatic rings. The predicted molar refractivity (Wildman–Crippen MR) is 139 cm³/mol. The molecule has 8 nitrogen and oxygen atoms in total. The van der Waals surface area contributed by atoms with Crippen LogP contribution in [0.25, 0.3) is 0 Å². The molecular weight excluding hydrogens is 458 g/mol. The van der Waals surface area contributed by atoms with Crippen molar-refractivity contribution in [3.63, 3.8) is 0 Å². The van der Waals surface area contributed by atoms with Crippen LogP contribution in [0.4, 0.5) is 23.5 Å². The Morgan fingerprint density at radius 1 is 1.09 bits per heavy atom. The number of ether oxygens (including phenoxy) is 1. The number of nitrogens with zero attached hydrogens (tertiary/aromatic N) is 5. The maximum absolute atomic E-state index is 6.52. The summed E-state index contributed by atoms with van der Waals surface area (Å²) in [5, 5.41) is 7.28. The van der Waals surface area contributed by atoms with Gasteiger partial charge in [-0.05, 0) is 81.9 Å². The van der Waals surface area contributed by atoms with Crippen LogP contribution in [-0.4, -0.2) is 77.7 Å². The Labute approximate surface area is 205 Å². The van der Waals surface area contributed by atoms with Crippen LogP contribution in [-0.2, 0) is 0 Å². The number of rotatable bonds is 7. The van der Waals surface area contributed by atoms with Crippen molar-refractivity contribution in [2.24, 2.45) is 0 Å². The monoisotopic (exact) mass is 491 g/mol. The molecule has 2 aliphatic heterocycles. The molecule has 2 N–H and O–H groups in total. The number of anilines is 4. The van der Waals surface area contributed by atoms with Gasteiger partial charge in [0.25, 0.3) is 0 Å². The van der Waals surface area contributed by atoms with Gasteiger partial charge in [0.05, 0.1) is 12.1 Å². The lowest BCUT2D eigenvalue weighted by molar-refractivity contribution is 0.254. The number of methoxy groups -OCH3 is 1. The van der Waals surface area contributed by atoms with Gasteiger partial charge < -0.3 is 25.2 Å². The van der Waals surface area contributed by atoms with Crippen LogP contribution >= 0.6 is 23.4 Å². The highest BCUT2D eigenvalue weighted by atomic mass is 35.5. The van der Waals surface area contributed by atoms with E-state index in [1.165, 1.54) is 17.9 Å². The lowest BCUT2D eigenvalue weighted by Crippen LogP contribution is -2.42. The molecule has 1 aromatic carbocycles. The Kier molecular flexibility index (Phi) is 8.38. The molecule has 1 unspecified atom stereocenters. The van der Waals surface area contributed by atoms with E-state index in [-0.39, 0.29) is 6.04 Å². The van der Waals surface area contributed by atoms with Crippen LogP contribution in [0, 0.1) is 0 Å². The Balaban J connectivity index is 1.69. The van der Waals surface area contributed by atoms with Gasteiger partial charge in [-0.1, -0.05) is 11.6 Å². The number of thioether (sulfide) groups is 1. The molecule has 3 heterocycles. The molecule has 4 rings (SSSR count). The molecule has 0 saturated carbocycles. The average molecular weight is 492 g/mol. The first-order valence-corrected chi connectivity index (χ1v) is 13.2. The molecule has 0 radical (unpaired) electrons. The maximum atomic E-state index is 6.52. The van der Waals surface area contributed by atoms with E-state index in [1.54, 1.807) is 7.11 Å². The largest absolute Gasteiger partial charge is 0.495 e. The Bertz CT molecular complexity index is 918. The molecule has 0 aliphatic carbocycles. The zero-order chi connectivity index (χ0) is 23.2. The van der Waals surface area contributed by atoms with Crippen LogP contribution < -0.4 is 20.3 Å². The average Bonchev–Trinajstić information content (AvgIpc) is 3.09. The first-order chi connectivity index (χ1) is 16.1. The zero-order valence-corrected chi connectivity index (χ0v) is 21.3. The van der Waals surface area contributed by atoms with Gasteiger partial charge in [0.15, 0.2) is 0 Å². The van der Waals surface area contributed by atoms with E-state index in [9.17, 15) is 0 Å². The fourth-order valence-electron chi connectivity index (χ4n) is 4.43. The van der Waals surface area contributed by atoms with Crippen LogP contribution in [0.5, 0.6) is 5.75 Å². The zero-order valence-electron chi connectivity index (χ0n) is 19.7. The van der Waals surface area contributed by atoms with Gasteiger partial charge in [-0.2, -0.15) is 26.7 Å². The molecule has 0 bridgehead atoms. The van der Waals surface area contributed by atoms with Crippen molar-refractivity contribution in [2.45, 2.75) is 44.2 Å². The smallest absolute Gasteiger partial charge is 0.236 e. The molecule has 0 spiro atoms. The van der Waals surface area contributed by atoms with E-state index in [0.717, 1.165) is 44.5 Å². The number of hydrogen-bond donors (Lipinski definition) is 2. The third-order valence-electron chi connectivity index (χ3n) is 6.31. The number of halogens is 1. The molecule has 1 aromatic heterocycles. The first kappa shape index (κ1) is 24.2. The summed E-state index contributed by atoms with van der Waals surface area (Å²) in [5.74, 6) is 4.87. The lowest BCUT2D eigenvalue weighted by atomic mass is 10.0. The van der Waals surface area contributed by atoms with Crippen molar-refractivity contribution in [1.82, 2.24) is 19.9 Å². The van der Waals surface area contributed by atoms with Gasteiger partial charge in [0.2, 0.25) is 17.8 Å². The summed E-state index contributed by atoms with van der Waals surface area (Å²) >= 11 is 8.54. The number of aromatic nitrogens is 3. The molecule has 180 valence electrons. The highest BCUT2D eigenvalue weighted by Gasteiger charge is 2.28. The second kappa shape index (κ2) is 11.4. The summed E-state index contributed by atoms with van der Waals surface area (Å²) < 4.78 is 5.38. The summed E-state index contributed by atoms with van der Waals surface area (Å²) in [7, 11) is 5.64. The summed E-state index contributed by atoms with van der Waals surface area (Å²) in [5.41, 5.74) is 0.959. The third kappa shape index (κ3) is 6.13. The van der Waals surface area contributed by atoms with E-state index in [2.05, 4.69) is 32.5 Å². The van der Waals surface area contributed by atoms with Crippen molar-refractivity contribution in [3.05, 3.63) is 23.2 Å². The Morgan fingerprint density at radius 3 is 2.61 bits per heavy atom. The molecule has 2 saturated heterocycles. The number of piperidine rings is 1. The van der Waals surface area contributed by atoms with E-state index < -0.39 is 0 Å². The number of nitrogens with one attached hydrogen (secondary N) is 2. The number of benzene rings is 1.